The van der Waals surface area contributed by atoms with E-state index in [9.17, 15) is 9.00 Å². The summed E-state index contributed by atoms with van der Waals surface area (Å²) in [6, 6.07) is 2.96. The van der Waals surface area contributed by atoms with Gasteiger partial charge in [-0.25, -0.2) is 9.00 Å². The monoisotopic (exact) mass is 292 g/mol. The third-order valence-corrected chi connectivity index (χ3v) is 3.50. The molecule has 1 atom stereocenters. The number of hydrogen-bond acceptors (Lipinski definition) is 3. The Balaban J connectivity index is 3.36. The van der Waals surface area contributed by atoms with E-state index < -0.39 is 17.0 Å². The minimum absolute atomic E-state index is 0.154. The van der Waals surface area contributed by atoms with E-state index >= 15 is 0 Å². The van der Waals surface area contributed by atoms with Gasteiger partial charge in [0.05, 0.1) is 17.6 Å². The quantitative estimate of drug-likeness (QED) is 0.670. The molecule has 0 aliphatic rings. The van der Waals surface area contributed by atoms with Crippen molar-refractivity contribution in [2.45, 2.75) is 11.8 Å². The van der Waals surface area contributed by atoms with Gasteiger partial charge in [-0.15, -0.1) is 0 Å². The van der Waals surface area contributed by atoms with Crippen molar-refractivity contribution in [3.8, 4) is 0 Å². The fraction of sp³-hybridized carbons (Fsp3) is 0.222. The number of rotatable bonds is 2. The van der Waals surface area contributed by atoms with E-state index in [0.29, 0.717) is 10.0 Å². The van der Waals surface area contributed by atoms with E-state index in [0.717, 1.165) is 0 Å². The number of aryl methyl sites for hydroxylation is 1. The molecular weight excluding hydrogens is 284 g/mol. The Bertz CT molecular complexity index is 430. The Morgan fingerprint density at radius 1 is 1.53 bits per heavy atom. The fourth-order valence-electron chi connectivity index (χ4n) is 1.12. The van der Waals surface area contributed by atoms with Gasteiger partial charge in [-0.2, -0.15) is 0 Å². The molecule has 0 amide bonds. The number of hydrogen-bond donors (Lipinski definition) is 1. The van der Waals surface area contributed by atoms with Gasteiger partial charge in [0.1, 0.15) is 0 Å². The Morgan fingerprint density at radius 2 is 2.13 bits per heavy atom. The SMILES string of the molecule is COC(=O)c1cc(S(=O)O)c(Br)cc1C. The maximum atomic E-state index is 11.3. The first kappa shape index (κ1) is 12.4. The van der Waals surface area contributed by atoms with Crippen LogP contribution in [0.2, 0.25) is 0 Å². The zero-order valence-corrected chi connectivity index (χ0v) is 10.5. The Labute approximate surface area is 98.0 Å². The van der Waals surface area contributed by atoms with E-state index in [2.05, 4.69) is 20.7 Å². The van der Waals surface area contributed by atoms with Crippen LogP contribution in [0.15, 0.2) is 21.5 Å². The molecule has 4 nitrogen and oxygen atoms in total. The largest absolute Gasteiger partial charge is 0.465 e. The highest BCUT2D eigenvalue weighted by Gasteiger charge is 2.15. The van der Waals surface area contributed by atoms with E-state index in [-0.39, 0.29) is 10.5 Å². The maximum absolute atomic E-state index is 11.3. The lowest BCUT2D eigenvalue weighted by molar-refractivity contribution is 0.0599. The minimum atomic E-state index is -2.13. The molecule has 0 saturated carbocycles. The lowest BCUT2D eigenvalue weighted by Crippen LogP contribution is -2.05. The number of halogens is 1. The van der Waals surface area contributed by atoms with Crippen molar-refractivity contribution in [2.24, 2.45) is 0 Å². The highest BCUT2D eigenvalue weighted by molar-refractivity contribution is 9.10. The normalized spacial score (nSPS) is 12.3. The summed E-state index contributed by atoms with van der Waals surface area (Å²) in [4.78, 5) is 11.5. The molecule has 0 bridgehead atoms. The summed E-state index contributed by atoms with van der Waals surface area (Å²) in [5.74, 6) is -0.522. The standard InChI is InChI=1S/C9H9BrO4S/c1-5-3-7(10)8(15(12)13)4-6(5)9(11)14-2/h3-4H,1-2H3,(H,12,13). The zero-order chi connectivity index (χ0) is 11.6. The maximum Gasteiger partial charge on any atom is 0.338 e. The second-order valence-corrected chi connectivity index (χ2v) is 4.63. The molecule has 1 aromatic carbocycles. The van der Waals surface area contributed by atoms with Crippen LogP contribution in [-0.2, 0) is 15.8 Å². The average molecular weight is 293 g/mol. The third-order valence-electron chi connectivity index (χ3n) is 1.87. The third kappa shape index (κ3) is 2.64. The van der Waals surface area contributed by atoms with Crippen molar-refractivity contribution >= 4 is 33.0 Å². The van der Waals surface area contributed by atoms with Crippen LogP contribution in [0.4, 0.5) is 0 Å². The van der Waals surface area contributed by atoms with Crippen LogP contribution in [0.25, 0.3) is 0 Å². The van der Waals surface area contributed by atoms with Crippen molar-refractivity contribution in [2.75, 3.05) is 7.11 Å². The molecule has 6 heteroatoms. The average Bonchev–Trinajstić information content (AvgIpc) is 2.16. The molecular formula is C9H9BrO4S. The Hall–Kier alpha value is -0.720. The number of ether oxygens (including phenoxy) is 1. The van der Waals surface area contributed by atoms with Crippen LogP contribution in [0.3, 0.4) is 0 Å². The molecule has 0 fully saturated rings. The predicted molar refractivity (Wildman–Crippen MR) is 59.3 cm³/mol. The van der Waals surface area contributed by atoms with Gasteiger partial charge < -0.3 is 9.29 Å². The van der Waals surface area contributed by atoms with Crippen molar-refractivity contribution in [1.29, 1.82) is 0 Å². The molecule has 0 heterocycles. The Morgan fingerprint density at radius 3 is 2.60 bits per heavy atom. The molecule has 1 rings (SSSR count). The summed E-state index contributed by atoms with van der Waals surface area (Å²) in [6.07, 6.45) is 0. The van der Waals surface area contributed by atoms with Gasteiger partial charge in [-0.1, -0.05) is 0 Å². The van der Waals surface area contributed by atoms with Crippen LogP contribution in [-0.4, -0.2) is 21.8 Å². The first-order valence-corrected chi connectivity index (χ1v) is 5.86. The van der Waals surface area contributed by atoms with Gasteiger partial charge >= 0.3 is 5.97 Å². The Kier molecular flexibility index (Phi) is 4.01. The van der Waals surface area contributed by atoms with Gasteiger partial charge in [0.15, 0.2) is 11.1 Å². The molecule has 0 aliphatic heterocycles. The molecule has 0 saturated heterocycles. The second kappa shape index (κ2) is 4.87. The highest BCUT2D eigenvalue weighted by Crippen LogP contribution is 2.24. The minimum Gasteiger partial charge on any atom is -0.465 e. The number of benzene rings is 1. The molecule has 0 aliphatic carbocycles. The highest BCUT2D eigenvalue weighted by atomic mass is 79.9. The van der Waals surface area contributed by atoms with Crippen molar-refractivity contribution in [3.05, 3.63) is 27.7 Å². The summed E-state index contributed by atoms with van der Waals surface area (Å²) in [6.45, 7) is 1.72. The second-order valence-electron chi connectivity index (χ2n) is 2.84. The lowest BCUT2D eigenvalue weighted by Gasteiger charge is -2.07. The van der Waals surface area contributed by atoms with E-state index in [1.54, 1.807) is 13.0 Å². The van der Waals surface area contributed by atoms with E-state index in [1.807, 2.05) is 0 Å². The van der Waals surface area contributed by atoms with Crippen molar-refractivity contribution in [1.82, 2.24) is 0 Å². The van der Waals surface area contributed by atoms with Gasteiger partial charge in [-0.3, -0.25) is 0 Å². The first-order chi connectivity index (χ1) is 6.97. The van der Waals surface area contributed by atoms with E-state index in [4.69, 9.17) is 4.55 Å². The van der Waals surface area contributed by atoms with Gasteiger partial charge in [-0.05, 0) is 40.5 Å². The number of carbonyl (C=O) groups excluding carboxylic acids is 1. The molecule has 0 aromatic heterocycles. The molecule has 82 valence electrons. The van der Waals surface area contributed by atoms with Gasteiger partial charge in [0, 0.05) is 4.47 Å². The smallest absolute Gasteiger partial charge is 0.338 e. The van der Waals surface area contributed by atoms with Crippen LogP contribution in [0, 0.1) is 6.92 Å². The summed E-state index contributed by atoms with van der Waals surface area (Å²) in [7, 11) is 1.26. The summed E-state index contributed by atoms with van der Waals surface area (Å²) < 4.78 is 24.9. The van der Waals surface area contributed by atoms with Crippen LogP contribution in [0.1, 0.15) is 15.9 Å². The molecule has 1 aromatic rings. The lowest BCUT2D eigenvalue weighted by atomic mass is 10.1. The molecule has 1 N–H and O–H groups in total. The molecule has 15 heavy (non-hydrogen) atoms. The first-order valence-electron chi connectivity index (χ1n) is 3.96. The van der Waals surface area contributed by atoms with Crippen LogP contribution >= 0.6 is 15.9 Å². The molecule has 0 spiro atoms. The summed E-state index contributed by atoms with van der Waals surface area (Å²) >= 11 is 1.02. The fourth-order valence-corrected chi connectivity index (χ4v) is 2.43. The van der Waals surface area contributed by atoms with Crippen LogP contribution < -0.4 is 0 Å². The number of carbonyl (C=O) groups is 1. The number of esters is 1. The zero-order valence-electron chi connectivity index (χ0n) is 8.11. The topological polar surface area (TPSA) is 63.6 Å². The summed E-state index contributed by atoms with van der Waals surface area (Å²) in [5, 5.41) is 0. The van der Waals surface area contributed by atoms with E-state index in [1.165, 1.54) is 13.2 Å². The predicted octanol–water partition coefficient (Wildman–Crippen LogP) is 2.12. The van der Waals surface area contributed by atoms with Gasteiger partial charge in [0.25, 0.3) is 0 Å². The number of methoxy groups -OCH3 is 1. The van der Waals surface area contributed by atoms with Crippen molar-refractivity contribution in [3.63, 3.8) is 0 Å². The summed E-state index contributed by atoms with van der Waals surface area (Å²) in [5.41, 5.74) is 0.973. The molecule has 1 unspecified atom stereocenters. The van der Waals surface area contributed by atoms with Crippen LogP contribution in [0.5, 0.6) is 0 Å². The molecule has 0 radical (unpaired) electrons. The van der Waals surface area contributed by atoms with Crippen molar-refractivity contribution < 1.29 is 18.3 Å². The van der Waals surface area contributed by atoms with Gasteiger partial charge in [0.2, 0.25) is 0 Å².